The van der Waals surface area contributed by atoms with E-state index in [-0.39, 0.29) is 8.61 Å². The van der Waals surface area contributed by atoms with Gasteiger partial charge >= 0.3 is 21.0 Å². The second-order valence-electron chi connectivity index (χ2n) is 4.63. The van der Waals surface area contributed by atoms with Crippen LogP contribution >= 0.6 is 0 Å². The van der Waals surface area contributed by atoms with Gasteiger partial charge in [-0.2, -0.15) is 34.8 Å². The van der Waals surface area contributed by atoms with Crippen molar-refractivity contribution in [2.24, 2.45) is 11.3 Å². The average molecular weight is 492 g/mol. The molecule has 0 spiro atoms. The van der Waals surface area contributed by atoms with Gasteiger partial charge in [0.2, 0.25) is 20.2 Å². The predicted molar refractivity (Wildman–Crippen MR) is 80.9 cm³/mol. The van der Waals surface area contributed by atoms with Crippen LogP contribution in [0.4, 0.5) is 26.3 Å². The normalized spacial score (nSPS) is 20.5. The second kappa shape index (κ2) is 7.59. The summed E-state index contributed by atoms with van der Waals surface area (Å²) < 4.78 is 150. The molecule has 0 bridgehead atoms. The first-order chi connectivity index (χ1) is 11.5. The topological polar surface area (TPSA) is 152 Å². The van der Waals surface area contributed by atoms with Crippen LogP contribution in [0.3, 0.4) is 0 Å². The molecule has 0 amide bonds. The summed E-state index contributed by atoms with van der Waals surface area (Å²) >= 11 is 0. The minimum absolute atomic E-state index is 0.0785. The van der Waals surface area contributed by atoms with E-state index in [0.717, 1.165) is 0 Å². The van der Waals surface area contributed by atoms with Gasteiger partial charge in [-0.3, -0.25) is 4.21 Å². The summed E-state index contributed by atoms with van der Waals surface area (Å²) in [7, 11) is -21.0. The molecule has 11 nitrogen and oxygen atoms in total. The van der Waals surface area contributed by atoms with E-state index in [0.29, 0.717) is 28.2 Å². The highest BCUT2D eigenvalue weighted by atomic mass is 32.3. The smallest absolute Gasteiger partial charge is 0.519 e. The molecule has 0 heterocycles. The van der Waals surface area contributed by atoms with Crippen LogP contribution in [0.5, 0.6) is 0 Å². The molecule has 0 aliphatic rings. The van der Waals surface area contributed by atoms with E-state index in [4.69, 9.17) is 0 Å². The molecule has 27 heavy (non-hydrogen) atoms. The molecule has 3 atom stereocenters. The molecule has 0 aromatic carbocycles. The van der Waals surface area contributed by atoms with Crippen molar-refractivity contribution in [1.29, 1.82) is 0 Å². The lowest BCUT2D eigenvalue weighted by Gasteiger charge is -2.21. The molecule has 0 aliphatic heterocycles. The van der Waals surface area contributed by atoms with Crippen molar-refractivity contribution >= 4 is 40.2 Å². The molecular weight excluding hydrogens is 480 g/mol. The number of nitrogens with zero attached hydrogens (tertiary/aromatic N) is 5. The molecule has 0 saturated carbocycles. The third kappa shape index (κ3) is 6.12. The van der Waals surface area contributed by atoms with Gasteiger partial charge in [0.1, 0.15) is 10.0 Å². The van der Waals surface area contributed by atoms with E-state index in [1.54, 1.807) is 0 Å². The third-order valence-electron chi connectivity index (χ3n) is 2.12. The quantitative estimate of drug-likeness (QED) is 0.515. The zero-order valence-electron chi connectivity index (χ0n) is 13.6. The first-order valence-corrected chi connectivity index (χ1v) is 11.5. The Hall–Kier alpha value is -0.740. The van der Waals surface area contributed by atoms with Crippen molar-refractivity contribution in [1.82, 2.24) is 8.61 Å². The average Bonchev–Trinajstić information content (AvgIpc) is 2.33. The van der Waals surface area contributed by atoms with Gasteiger partial charge in [0.25, 0.3) is 0 Å². The monoisotopic (exact) mass is 492 g/mol. The van der Waals surface area contributed by atoms with E-state index in [9.17, 15) is 51.9 Å². The number of hydrogen-bond acceptors (Lipinski definition) is 6. The van der Waals surface area contributed by atoms with E-state index in [1.807, 2.05) is 7.54 Å². The zero-order valence-corrected chi connectivity index (χ0v) is 16.9. The van der Waals surface area contributed by atoms with Gasteiger partial charge in [-0.25, -0.2) is 17.0 Å². The van der Waals surface area contributed by atoms with E-state index >= 15 is 0 Å². The minimum Gasteiger partial charge on any atom is -0.757 e. The van der Waals surface area contributed by atoms with Gasteiger partial charge in [-0.05, 0) is 0 Å². The van der Waals surface area contributed by atoms with Crippen molar-refractivity contribution in [2.75, 3.05) is 28.2 Å². The fraction of sp³-hybridized carbons (Fsp3) is 1.00. The van der Waals surface area contributed by atoms with Gasteiger partial charge in [-0.1, -0.05) is 7.54 Å². The van der Waals surface area contributed by atoms with E-state index < -0.39 is 51.3 Å². The molecule has 164 valence electrons. The Morgan fingerprint density at radius 3 is 1.26 bits per heavy atom. The van der Waals surface area contributed by atoms with Crippen molar-refractivity contribution in [3.05, 3.63) is 0 Å². The van der Waals surface area contributed by atoms with Crippen LogP contribution in [0.2, 0.25) is 0 Å². The Morgan fingerprint density at radius 2 is 1.00 bits per heavy atom. The molecule has 0 fully saturated rings. The molecular formula is C6H12F6N5O6S4-. The SMILES string of the molecule is CN(C)S(=O)(=NS(=O)(=O)C(F)(F)F)N=S(=O)(N=S(=O)([O-])C(F)(F)F)N(C)C. The number of sulfonamides is 1. The van der Waals surface area contributed by atoms with Crippen LogP contribution in [-0.4, -0.2) is 73.4 Å². The lowest BCUT2D eigenvalue weighted by Crippen LogP contribution is -2.31. The third-order valence-corrected chi connectivity index (χ3v) is 9.87. The lowest BCUT2D eigenvalue weighted by atomic mass is 11.3. The van der Waals surface area contributed by atoms with Gasteiger partial charge in [0, 0.05) is 28.2 Å². The van der Waals surface area contributed by atoms with Crippen LogP contribution in [0.25, 0.3) is 0 Å². The van der Waals surface area contributed by atoms with Crippen molar-refractivity contribution in [3.8, 4) is 0 Å². The fourth-order valence-electron chi connectivity index (χ4n) is 0.761. The van der Waals surface area contributed by atoms with Crippen molar-refractivity contribution in [2.45, 2.75) is 11.0 Å². The fourth-order valence-corrected chi connectivity index (χ4v) is 7.33. The first-order valence-electron chi connectivity index (χ1n) is 5.79. The molecule has 3 unspecified atom stereocenters. The molecule has 21 heteroatoms. The highest BCUT2D eigenvalue weighted by Crippen LogP contribution is 2.29. The van der Waals surface area contributed by atoms with E-state index in [2.05, 4.69) is 3.77 Å². The van der Waals surface area contributed by atoms with Gasteiger partial charge in [0.15, 0.2) is 0 Å². The van der Waals surface area contributed by atoms with Gasteiger partial charge in [0.05, 0.1) is 0 Å². The van der Waals surface area contributed by atoms with Crippen LogP contribution in [0.1, 0.15) is 0 Å². The maximum Gasteiger partial charge on any atom is 0.519 e. The molecule has 0 rings (SSSR count). The molecule has 0 aliphatic carbocycles. The summed E-state index contributed by atoms with van der Waals surface area (Å²) in [6, 6.07) is 0. The maximum absolute atomic E-state index is 12.4. The summed E-state index contributed by atoms with van der Waals surface area (Å²) in [5, 5.41) is 0. The van der Waals surface area contributed by atoms with Crippen LogP contribution < -0.4 is 0 Å². The number of halogens is 6. The summed E-state index contributed by atoms with van der Waals surface area (Å²) in [4.78, 5) is 0. The lowest BCUT2D eigenvalue weighted by molar-refractivity contribution is -0.0475. The standard InChI is InChI=1S/C6H13F6N5O6S4/c1-16(2)26(22,13-24(18,19)5(7,8)9)15-27(23,17(3)4)14-25(20,21)6(10,11)12/h1-4H3,(H,13,14,15,18,19,22,23)/p-1. The Balaban J connectivity index is 7.34. The number of hydrogen-bond donors (Lipinski definition) is 0. The molecule has 0 aromatic heterocycles. The van der Waals surface area contributed by atoms with Crippen LogP contribution in [0.15, 0.2) is 11.3 Å². The molecule has 0 radical (unpaired) electrons. The zero-order chi connectivity index (χ0) is 22.3. The van der Waals surface area contributed by atoms with E-state index in [1.165, 1.54) is 0 Å². The van der Waals surface area contributed by atoms with Gasteiger partial charge in [-0.15, -0.1) is 3.77 Å². The van der Waals surface area contributed by atoms with Gasteiger partial charge < -0.3 is 4.55 Å². The predicted octanol–water partition coefficient (Wildman–Crippen LogP) is 0.673. The second-order valence-corrected chi connectivity index (χ2v) is 12.6. The molecule has 0 saturated heterocycles. The number of alkyl halides is 6. The summed E-state index contributed by atoms with van der Waals surface area (Å²) in [6.45, 7) is 0. The summed E-state index contributed by atoms with van der Waals surface area (Å²) in [6.07, 6.45) is 0. The highest BCUT2D eigenvalue weighted by molar-refractivity contribution is 8.08. The Kier molecular flexibility index (Phi) is 7.38. The largest absolute Gasteiger partial charge is 0.757 e. The Bertz CT molecular complexity index is 1030. The Labute approximate surface area is 151 Å². The van der Waals surface area contributed by atoms with Crippen LogP contribution in [0, 0.1) is 0 Å². The molecule has 0 aromatic rings. The first kappa shape index (κ1) is 26.3. The maximum atomic E-state index is 12.4. The molecule has 0 N–H and O–H groups in total. The summed E-state index contributed by atoms with van der Waals surface area (Å²) in [5.41, 5.74) is -12.1. The highest BCUT2D eigenvalue weighted by Gasteiger charge is 2.48. The summed E-state index contributed by atoms with van der Waals surface area (Å²) in [5.74, 6) is 0. The number of rotatable bonds is 5. The van der Waals surface area contributed by atoms with Crippen molar-refractivity contribution < 1.29 is 51.9 Å². The Morgan fingerprint density at radius 1 is 0.667 bits per heavy atom. The minimum atomic E-state index is -6.51. The van der Waals surface area contributed by atoms with Crippen LogP contribution in [-0.2, 0) is 40.2 Å². The van der Waals surface area contributed by atoms with Crippen molar-refractivity contribution in [3.63, 3.8) is 0 Å².